The molecule has 3 heteroatoms. The van der Waals surface area contributed by atoms with Gasteiger partial charge in [0.15, 0.2) is 0 Å². The molecule has 20 heavy (non-hydrogen) atoms. The third-order valence-electron chi connectivity index (χ3n) is 3.71. The summed E-state index contributed by atoms with van der Waals surface area (Å²) in [6.45, 7) is 9.28. The van der Waals surface area contributed by atoms with Gasteiger partial charge in [0.1, 0.15) is 12.4 Å². The van der Waals surface area contributed by atoms with E-state index in [1.54, 1.807) is 0 Å². The van der Waals surface area contributed by atoms with Gasteiger partial charge in [-0.15, -0.1) is 0 Å². The van der Waals surface area contributed by atoms with Crippen molar-refractivity contribution in [2.45, 2.75) is 51.9 Å². The van der Waals surface area contributed by atoms with E-state index in [1.165, 1.54) is 6.42 Å². The van der Waals surface area contributed by atoms with Crippen molar-refractivity contribution < 1.29 is 9.47 Å². The molecule has 0 aromatic heterocycles. The van der Waals surface area contributed by atoms with Crippen LogP contribution in [0.5, 0.6) is 5.75 Å². The van der Waals surface area contributed by atoms with Gasteiger partial charge in [0.25, 0.3) is 0 Å². The lowest BCUT2D eigenvalue weighted by atomic mass is 10.1. The minimum absolute atomic E-state index is 0.308. The van der Waals surface area contributed by atoms with Crippen molar-refractivity contribution in [3.05, 3.63) is 30.3 Å². The molecule has 2 rings (SSSR count). The number of hydrogen-bond donors (Lipinski definition) is 0. The highest BCUT2D eigenvalue weighted by molar-refractivity contribution is 5.20. The maximum atomic E-state index is 5.93. The summed E-state index contributed by atoms with van der Waals surface area (Å²) in [6, 6.07) is 11.3. The molecular weight excluding hydrogens is 250 g/mol. The van der Waals surface area contributed by atoms with Crippen molar-refractivity contribution in [3.8, 4) is 5.75 Å². The summed E-state index contributed by atoms with van der Waals surface area (Å²) in [7, 11) is 0. The Balaban J connectivity index is 1.92. The van der Waals surface area contributed by atoms with Gasteiger partial charge in [0.2, 0.25) is 0 Å². The van der Waals surface area contributed by atoms with Crippen LogP contribution in [0.15, 0.2) is 24.3 Å². The minimum atomic E-state index is 0.308. The smallest absolute Gasteiger partial charge is 0.119 e. The van der Waals surface area contributed by atoms with Crippen molar-refractivity contribution in [1.82, 2.24) is 4.90 Å². The molecule has 1 aromatic carbocycles. The monoisotopic (exact) mass is 276 g/mol. The normalized spacial score (nSPS) is 25.4. The topological polar surface area (TPSA) is 21.7 Å². The van der Waals surface area contributed by atoms with Gasteiger partial charge < -0.3 is 9.47 Å². The maximum absolute atomic E-state index is 5.93. The molecule has 0 spiro atoms. The first-order valence-corrected chi connectivity index (χ1v) is 7.67. The Hall–Kier alpha value is -1.06. The van der Waals surface area contributed by atoms with Crippen LogP contribution in [0, 0.1) is 6.07 Å². The molecule has 111 valence electrons. The number of benzene rings is 1. The summed E-state index contributed by atoms with van der Waals surface area (Å²) < 4.78 is 11.8. The molecule has 0 N–H and O–H groups in total. The van der Waals surface area contributed by atoms with Crippen molar-refractivity contribution in [2.24, 2.45) is 0 Å². The third-order valence-corrected chi connectivity index (χ3v) is 3.71. The Morgan fingerprint density at radius 2 is 2.15 bits per heavy atom. The molecule has 0 amide bonds. The Labute approximate surface area is 122 Å². The van der Waals surface area contributed by atoms with Crippen molar-refractivity contribution in [3.63, 3.8) is 0 Å². The van der Waals surface area contributed by atoms with E-state index in [-0.39, 0.29) is 0 Å². The standard InChI is InChI=1S/C17H26NO2/c1-4-8-16(13-19-17-9-6-5-7-10-17)18-11-14(2)20-15(3)12-18/h5-6,9-10,14-16H,4,8,11-13H2,1-3H3. The van der Waals surface area contributed by atoms with Crippen LogP contribution < -0.4 is 4.74 Å². The fourth-order valence-electron chi connectivity index (χ4n) is 2.88. The Morgan fingerprint density at radius 1 is 1.40 bits per heavy atom. The summed E-state index contributed by atoms with van der Waals surface area (Å²) >= 11 is 0. The number of nitrogens with zero attached hydrogens (tertiary/aromatic N) is 1. The Bertz CT molecular complexity index is 372. The van der Waals surface area contributed by atoms with E-state index in [2.05, 4.69) is 31.7 Å². The SMILES string of the molecule is CCCC(COc1c[c]ccc1)N1CC(C)OC(C)C1. The molecule has 1 aliphatic rings. The predicted molar refractivity (Wildman–Crippen MR) is 81.1 cm³/mol. The number of morpholine rings is 1. The molecule has 3 unspecified atom stereocenters. The molecule has 0 aliphatic carbocycles. The lowest BCUT2D eigenvalue weighted by molar-refractivity contribution is -0.0854. The van der Waals surface area contributed by atoms with E-state index < -0.39 is 0 Å². The first-order chi connectivity index (χ1) is 9.69. The Morgan fingerprint density at radius 3 is 2.75 bits per heavy atom. The summed E-state index contributed by atoms with van der Waals surface area (Å²) in [5, 5.41) is 0. The van der Waals surface area contributed by atoms with Crippen molar-refractivity contribution in [1.29, 1.82) is 0 Å². The van der Waals surface area contributed by atoms with E-state index in [0.717, 1.165) is 31.9 Å². The fourth-order valence-corrected chi connectivity index (χ4v) is 2.88. The molecule has 1 radical (unpaired) electrons. The summed E-state index contributed by atoms with van der Waals surface area (Å²) in [5.74, 6) is 0.906. The van der Waals surface area contributed by atoms with Gasteiger partial charge in [-0.2, -0.15) is 0 Å². The highest BCUT2D eigenvalue weighted by Crippen LogP contribution is 2.18. The molecule has 1 heterocycles. The first kappa shape index (κ1) is 15.3. The lowest BCUT2D eigenvalue weighted by Crippen LogP contribution is -2.51. The highest BCUT2D eigenvalue weighted by Gasteiger charge is 2.27. The van der Waals surface area contributed by atoms with Crippen LogP contribution in [0.2, 0.25) is 0 Å². The summed E-state index contributed by atoms with van der Waals surface area (Å²) in [6.07, 6.45) is 2.96. The zero-order valence-corrected chi connectivity index (χ0v) is 12.8. The second kappa shape index (κ2) is 7.65. The lowest BCUT2D eigenvalue weighted by Gasteiger charge is -2.40. The van der Waals surface area contributed by atoms with E-state index >= 15 is 0 Å². The zero-order chi connectivity index (χ0) is 14.4. The summed E-state index contributed by atoms with van der Waals surface area (Å²) in [4.78, 5) is 2.52. The second-order valence-electron chi connectivity index (χ2n) is 5.70. The molecule has 0 bridgehead atoms. The predicted octanol–water partition coefficient (Wildman–Crippen LogP) is 3.14. The van der Waals surface area contributed by atoms with Gasteiger partial charge in [-0.1, -0.05) is 25.5 Å². The first-order valence-electron chi connectivity index (χ1n) is 7.67. The van der Waals surface area contributed by atoms with E-state index in [1.807, 2.05) is 24.3 Å². The van der Waals surface area contributed by atoms with Gasteiger partial charge in [0.05, 0.1) is 12.2 Å². The van der Waals surface area contributed by atoms with Gasteiger partial charge in [0, 0.05) is 19.1 Å². The second-order valence-corrected chi connectivity index (χ2v) is 5.70. The Kier molecular flexibility index (Phi) is 5.86. The minimum Gasteiger partial charge on any atom is -0.492 e. The van der Waals surface area contributed by atoms with Crippen LogP contribution in [-0.2, 0) is 4.74 Å². The van der Waals surface area contributed by atoms with Crippen molar-refractivity contribution in [2.75, 3.05) is 19.7 Å². The van der Waals surface area contributed by atoms with Crippen LogP contribution in [0.3, 0.4) is 0 Å². The molecule has 3 nitrogen and oxygen atoms in total. The van der Waals surface area contributed by atoms with Crippen LogP contribution >= 0.6 is 0 Å². The number of hydrogen-bond acceptors (Lipinski definition) is 3. The van der Waals surface area contributed by atoms with Gasteiger partial charge in [-0.3, -0.25) is 4.90 Å². The quantitative estimate of drug-likeness (QED) is 0.796. The van der Waals surface area contributed by atoms with Crippen LogP contribution in [0.4, 0.5) is 0 Å². The molecule has 1 fully saturated rings. The van der Waals surface area contributed by atoms with Gasteiger partial charge >= 0.3 is 0 Å². The van der Waals surface area contributed by atoms with E-state index in [9.17, 15) is 0 Å². The largest absolute Gasteiger partial charge is 0.492 e. The van der Waals surface area contributed by atoms with Crippen LogP contribution in [-0.4, -0.2) is 42.8 Å². The number of rotatable bonds is 6. The van der Waals surface area contributed by atoms with Gasteiger partial charge in [-0.25, -0.2) is 0 Å². The molecule has 1 aromatic rings. The zero-order valence-electron chi connectivity index (χ0n) is 12.8. The van der Waals surface area contributed by atoms with Crippen LogP contribution in [0.25, 0.3) is 0 Å². The van der Waals surface area contributed by atoms with E-state index in [0.29, 0.717) is 18.2 Å². The molecule has 1 saturated heterocycles. The van der Waals surface area contributed by atoms with Crippen LogP contribution in [0.1, 0.15) is 33.6 Å². The molecule has 1 aliphatic heterocycles. The third kappa shape index (κ3) is 4.50. The van der Waals surface area contributed by atoms with Crippen molar-refractivity contribution >= 4 is 0 Å². The van der Waals surface area contributed by atoms with E-state index in [4.69, 9.17) is 9.47 Å². The maximum Gasteiger partial charge on any atom is 0.119 e. The van der Waals surface area contributed by atoms with Gasteiger partial charge in [-0.05, 0) is 38.5 Å². The molecule has 0 saturated carbocycles. The number of ether oxygens (including phenoxy) is 2. The fraction of sp³-hybridized carbons (Fsp3) is 0.647. The average Bonchev–Trinajstić information content (AvgIpc) is 2.43. The average molecular weight is 276 g/mol. The summed E-state index contributed by atoms with van der Waals surface area (Å²) in [5.41, 5.74) is 0. The molecular formula is C17H26NO2. The molecule has 3 atom stereocenters. The highest BCUT2D eigenvalue weighted by atomic mass is 16.5.